The predicted octanol–water partition coefficient (Wildman–Crippen LogP) is 5.28. The van der Waals surface area contributed by atoms with Gasteiger partial charge in [-0.15, -0.1) is 5.10 Å². The maximum atomic E-state index is 14.9. The molecule has 1 saturated heterocycles. The molecule has 4 aromatic rings. The molecule has 3 heterocycles. The number of aromatic nitrogens is 4. The number of rotatable bonds is 7. The van der Waals surface area contributed by atoms with Crippen molar-refractivity contribution in [3.8, 4) is 17.2 Å². The molecule has 0 bridgehead atoms. The molecule has 1 N–H and O–H groups in total. The first kappa shape index (κ1) is 29.1. The highest BCUT2D eigenvalue weighted by Crippen LogP contribution is 2.37. The van der Waals surface area contributed by atoms with Gasteiger partial charge in [0.05, 0.1) is 27.9 Å². The first-order valence-corrected chi connectivity index (χ1v) is 13.5. The number of carbonyl (C=O) groups is 1. The van der Waals surface area contributed by atoms with E-state index in [2.05, 4.69) is 10.4 Å². The molecule has 2 aromatic carbocycles. The molecule has 42 heavy (non-hydrogen) atoms. The summed E-state index contributed by atoms with van der Waals surface area (Å²) in [7, 11) is 4.69. The van der Waals surface area contributed by atoms with E-state index in [1.807, 2.05) is 18.2 Å². The number of ether oxygens (including phenoxy) is 4. The molecular weight excluding hydrogens is 550 g/mol. The molecule has 2 aromatic heterocycles. The zero-order valence-corrected chi connectivity index (χ0v) is 24.4. The Labute approximate surface area is 241 Å². The molecule has 224 valence electrons. The monoisotopic (exact) mass is 584 g/mol. The Bertz CT molecular complexity index is 1620. The summed E-state index contributed by atoms with van der Waals surface area (Å²) < 4.78 is 53.1. The molecule has 0 radical (unpaired) electrons. The molecule has 1 fully saturated rings. The van der Waals surface area contributed by atoms with Crippen molar-refractivity contribution in [3.63, 3.8) is 0 Å². The normalized spacial score (nSPS) is 16.9. The number of halogens is 2. The topological polar surface area (TPSA) is 112 Å². The first-order valence-electron chi connectivity index (χ1n) is 13.5. The molecule has 1 aliphatic rings. The molecule has 11 nitrogen and oxygen atoms in total. The molecule has 13 heteroatoms. The van der Waals surface area contributed by atoms with Crippen molar-refractivity contribution in [1.82, 2.24) is 24.5 Å². The van der Waals surface area contributed by atoms with E-state index in [1.54, 1.807) is 60.3 Å². The third-order valence-electron chi connectivity index (χ3n) is 6.86. The van der Waals surface area contributed by atoms with E-state index in [0.29, 0.717) is 46.3 Å². The minimum Gasteiger partial charge on any atom is -0.497 e. The lowest BCUT2D eigenvalue weighted by Gasteiger charge is -2.37. The van der Waals surface area contributed by atoms with Gasteiger partial charge >= 0.3 is 6.09 Å². The van der Waals surface area contributed by atoms with Gasteiger partial charge in [-0.2, -0.15) is 4.52 Å². The van der Waals surface area contributed by atoms with E-state index in [1.165, 1.54) is 4.52 Å². The van der Waals surface area contributed by atoms with Crippen LogP contribution in [0, 0.1) is 0 Å². The van der Waals surface area contributed by atoms with Gasteiger partial charge < -0.3 is 29.2 Å². The van der Waals surface area contributed by atoms with Crippen molar-refractivity contribution in [1.29, 1.82) is 0 Å². The summed E-state index contributed by atoms with van der Waals surface area (Å²) in [5.74, 6) is -1.71. The van der Waals surface area contributed by atoms with Crippen LogP contribution in [0.3, 0.4) is 0 Å². The Hall–Kier alpha value is -4.42. The number of methoxy groups -OCH3 is 3. The molecule has 1 unspecified atom stereocenters. The van der Waals surface area contributed by atoms with Gasteiger partial charge in [0.15, 0.2) is 11.5 Å². The van der Waals surface area contributed by atoms with Gasteiger partial charge in [0.2, 0.25) is 5.95 Å². The van der Waals surface area contributed by atoms with Gasteiger partial charge in [-0.3, -0.25) is 0 Å². The summed E-state index contributed by atoms with van der Waals surface area (Å²) in [6.07, 6.45) is -1.31. The predicted molar refractivity (Wildman–Crippen MR) is 152 cm³/mol. The number of nitrogens with zero attached hydrogens (tertiary/aromatic N) is 5. The van der Waals surface area contributed by atoms with Gasteiger partial charge in [0.1, 0.15) is 28.4 Å². The highest BCUT2D eigenvalue weighted by molar-refractivity contribution is 5.96. The van der Waals surface area contributed by atoms with Crippen LogP contribution in [0.4, 0.5) is 19.5 Å². The molecule has 1 atom stereocenters. The van der Waals surface area contributed by atoms with E-state index in [4.69, 9.17) is 28.9 Å². The molecule has 0 spiro atoms. The van der Waals surface area contributed by atoms with Crippen LogP contribution in [0.5, 0.6) is 17.2 Å². The Morgan fingerprint density at radius 2 is 1.83 bits per heavy atom. The Kier molecular flexibility index (Phi) is 7.69. The molecule has 1 aliphatic heterocycles. The summed E-state index contributed by atoms with van der Waals surface area (Å²) >= 11 is 0. The molecule has 1 amide bonds. The first-order chi connectivity index (χ1) is 19.9. The Morgan fingerprint density at radius 3 is 2.52 bits per heavy atom. The second-order valence-corrected chi connectivity index (χ2v) is 11.1. The number of carbonyl (C=O) groups excluding carboxylic acids is 1. The molecular formula is C29H34F2N6O5. The lowest BCUT2D eigenvalue weighted by atomic mass is 9.95. The average Bonchev–Trinajstić information content (AvgIpc) is 3.40. The summed E-state index contributed by atoms with van der Waals surface area (Å²) in [6, 6.07) is 10.9. The fourth-order valence-corrected chi connectivity index (χ4v) is 4.98. The highest BCUT2D eigenvalue weighted by Gasteiger charge is 2.45. The van der Waals surface area contributed by atoms with Gasteiger partial charge in [-0.25, -0.2) is 23.5 Å². The second-order valence-electron chi connectivity index (χ2n) is 11.1. The average molecular weight is 585 g/mol. The quantitative estimate of drug-likeness (QED) is 0.310. The minimum absolute atomic E-state index is 0.0120. The van der Waals surface area contributed by atoms with Crippen LogP contribution in [0.25, 0.3) is 16.6 Å². The fraction of sp³-hybridized carbons (Fsp3) is 0.448. The van der Waals surface area contributed by atoms with E-state index in [-0.39, 0.29) is 12.4 Å². The Morgan fingerprint density at radius 1 is 1.07 bits per heavy atom. The molecule has 5 rings (SSSR count). The van der Waals surface area contributed by atoms with Crippen LogP contribution in [0.2, 0.25) is 0 Å². The van der Waals surface area contributed by atoms with Crippen molar-refractivity contribution >= 4 is 28.6 Å². The maximum Gasteiger partial charge on any atom is 0.410 e. The largest absolute Gasteiger partial charge is 0.497 e. The van der Waals surface area contributed by atoms with Crippen LogP contribution < -0.4 is 19.5 Å². The van der Waals surface area contributed by atoms with Crippen LogP contribution in [-0.4, -0.2) is 76.5 Å². The second kappa shape index (κ2) is 11.1. The zero-order chi connectivity index (χ0) is 30.2. The number of fused-ring (bicyclic) bond motifs is 3. The third kappa shape index (κ3) is 5.95. The van der Waals surface area contributed by atoms with Crippen LogP contribution in [-0.2, 0) is 11.3 Å². The maximum absolute atomic E-state index is 14.9. The summed E-state index contributed by atoms with van der Waals surface area (Å²) in [6.45, 7) is 4.63. The standard InChI is InChI=1S/C29H34F2N6O5/c1-28(2,3)42-27(38)36-15-18(13-29(30,31)16-36)24-34-25-20-8-7-9-21(40-5)23(20)33-26(37(25)35-24)32-14-17-10-11-19(39-4)12-22(17)41-6/h7-12,18H,13-16H2,1-6H3,(H,32,33). The Balaban J connectivity index is 1.55. The number of benzene rings is 2. The summed E-state index contributed by atoms with van der Waals surface area (Å²) in [5.41, 5.74) is 0.946. The van der Waals surface area contributed by atoms with Crippen molar-refractivity contribution < 1.29 is 32.5 Å². The number of likely N-dealkylation sites (tertiary alicyclic amines) is 1. The van der Waals surface area contributed by atoms with Crippen molar-refractivity contribution in [2.24, 2.45) is 0 Å². The van der Waals surface area contributed by atoms with Gasteiger partial charge in [-0.1, -0.05) is 6.07 Å². The summed E-state index contributed by atoms with van der Waals surface area (Å²) in [4.78, 5) is 23.2. The van der Waals surface area contributed by atoms with Crippen LogP contribution in [0.15, 0.2) is 36.4 Å². The van der Waals surface area contributed by atoms with Crippen molar-refractivity contribution in [2.45, 2.75) is 51.2 Å². The zero-order valence-electron chi connectivity index (χ0n) is 24.4. The number of alkyl halides is 2. The van der Waals surface area contributed by atoms with E-state index in [9.17, 15) is 13.6 Å². The minimum atomic E-state index is -3.15. The summed E-state index contributed by atoms with van der Waals surface area (Å²) in [5, 5.41) is 8.55. The van der Waals surface area contributed by atoms with Crippen LogP contribution in [0.1, 0.15) is 44.5 Å². The number of para-hydroxylation sites is 1. The van der Waals surface area contributed by atoms with E-state index < -0.39 is 36.5 Å². The SMILES string of the molecule is COc1ccc(CNc2nc3c(OC)cccc3c3nc(C4CN(C(=O)OC(C)(C)C)CC(F)(F)C4)nn23)c(OC)c1. The smallest absolute Gasteiger partial charge is 0.410 e. The van der Waals surface area contributed by atoms with Gasteiger partial charge in [0, 0.05) is 42.4 Å². The number of hydrogen-bond acceptors (Lipinski definition) is 9. The van der Waals surface area contributed by atoms with Gasteiger partial charge in [-0.05, 0) is 45.0 Å². The van der Waals surface area contributed by atoms with Gasteiger partial charge in [0.25, 0.3) is 5.92 Å². The lowest BCUT2D eigenvalue weighted by molar-refractivity contribution is -0.0764. The number of hydrogen-bond donors (Lipinski definition) is 1. The third-order valence-corrected chi connectivity index (χ3v) is 6.86. The van der Waals surface area contributed by atoms with Crippen molar-refractivity contribution in [3.05, 3.63) is 47.8 Å². The number of piperidine rings is 1. The molecule has 0 aliphatic carbocycles. The van der Waals surface area contributed by atoms with E-state index in [0.717, 1.165) is 10.5 Å². The lowest BCUT2D eigenvalue weighted by Crippen LogP contribution is -2.50. The molecule has 0 saturated carbocycles. The fourth-order valence-electron chi connectivity index (χ4n) is 4.98. The number of anilines is 1. The number of amides is 1. The highest BCUT2D eigenvalue weighted by atomic mass is 19.3. The number of nitrogens with one attached hydrogen (secondary N) is 1. The van der Waals surface area contributed by atoms with Crippen LogP contribution >= 0.6 is 0 Å². The van der Waals surface area contributed by atoms with Crippen molar-refractivity contribution in [2.75, 3.05) is 39.7 Å². The van der Waals surface area contributed by atoms with E-state index >= 15 is 0 Å².